The average molecular weight is 419 g/mol. The van der Waals surface area contributed by atoms with Gasteiger partial charge >= 0.3 is 5.97 Å². The first kappa shape index (κ1) is 22.2. The van der Waals surface area contributed by atoms with E-state index >= 15 is 0 Å². The minimum absolute atomic E-state index is 0.0428. The van der Waals surface area contributed by atoms with Gasteiger partial charge in [-0.1, -0.05) is 17.7 Å². The number of benzene rings is 2. The molecule has 2 rings (SSSR count). The van der Waals surface area contributed by atoms with Crippen LogP contribution in [0.15, 0.2) is 48.5 Å². The van der Waals surface area contributed by atoms with Gasteiger partial charge in [-0.15, -0.1) is 0 Å². The van der Waals surface area contributed by atoms with E-state index in [1.165, 1.54) is 0 Å². The second kappa shape index (κ2) is 11.7. The quantitative estimate of drug-likeness (QED) is 0.568. The highest BCUT2D eigenvalue weighted by Gasteiger charge is 2.10. The van der Waals surface area contributed by atoms with Crippen molar-refractivity contribution in [2.24, 2.45) is 0 Å². The van der Waals surface area contributed by atoms with Crippen LogP contribution in [-0.2, 0) is 19.1 Å². The molecular formula is C21H23ClN2O5. The Balaban J connectivity index is 1.62. The number of rotatable bonds is 10. The second-order valence-electron chi connectivity index (χ2n) is 6.08. The summed E-state index contributed by atoms with van der Waals surface area (Å²) in [6, 6.07) is 13.7. The summed E-state index contributed by atoms with van der Waals surface area (Å²) >= 11 is 5.83. The third-order valence-electron chi connectivity index (χ3n) is 3.71. The molecule has 0 saturated carbocycles. The summed E-state index contributed by atoms with van der Waals surface area (Å²) in [7, 11) is 0. The average Bonchev–Trinajstić information content (AvgIpc) is 2.68. The van der Waals surface area contributed by atoms with Gasteiger partial charge in [0.15, 0.2) is 6.61 Å². The summed E-state index contributed by atoms with van der Waals surface area (Å²) < 4.78 is 10.2. The van der Waals surface area contributed by atoms with Crippen molar-refractivity contribution in [3.05, 3.63) is 53.6 Å². The van der Waals surface area contributed by atoms with Crippen LogP contribution in [0.1, 0.15) is 26.2 Å². The van der Waals surface area contributed by atoms with Gasteiger partial charge in [0.1, 0.15) is 5.75 Å². The lowest BCUT2D eigenvalue weighted by Gasteiger charge is -2.08. The summed E-state index contributed by atoms with van der Waals surface area (Å²) in [5.41, 5.74) is 1.17. The molecule has 2 aromatic rings. The van der Waals surface area contributed by atoms with Crippen molar-refractivity contribution < 1.29 is 23.9 Å². The first-order chi connectivity index (χ1) is 14.0. The number of carbonyl (C=O) groups excluding carboxylic acids is 3. The lowest BCUT2D eigenvalue weighted by molar-refractivity contribution is -0.147. The van der Waals surface area contributed by atoms with Crippen molar-refractivity contribution in [3.63, 3.8) is 0 Å². The molecule has 2 amide bonds. The fourth-order valence-electron chi connectivity index (χ4n) is 2.40. The second-order valence-corrected chi connectivity index (χ2v) is 6.51. The topological polar surface area (TPSA) is 93.7 Å². The molecular weight excluding hydrogens is 396 g/mol. The molecule has 0 bridgehead atoms. The Labute approximate surface area is 174 Å². The van der Waals surface area contributed by atoms with Gasteiger partial charge in [-0.3, -0.25) is 14.4 Å². The number of halogens is 1. The van der Waals surface area contributed by atoms with Crippen molar-refractivity contribution in [1.29, 1.82) is 0 Å². The van der Waals surface area contributed by atoms with E-state index < -0.39 is 18.5 Å². The molecule has 0 aromatic heterocycles. The summed E-state index contributed by atoms with van der Waals surface area (Å²) in [6.45, 7) is 2.07. The van der Waals surface area contributed by atoms with Gasteiger partial charge < -0.3 is 20.1 Å². The van der Waals surface area contributed by atoms with Gasteiger partial charge in [0.05, 0.1) is 6.61 Å². The minimum Gasteiger partial charge on any atom is -0.494 e. The zero-order valence-electron chi connectivity index (χ0n) is 16.1. The highest BCUT2D eigenvalue weighted by atomic mass is 35.5. The molecule has 7 nitrogen and oxygen atoms in total. The molecule has 0 aliphatic carbocycles. The Morgan fingerprint density at radius 2 is 1.66 bits per heavy atom. The largest absolute Gasteiger partial charge is 0.494 e. The normalized spacial score (nSPS) is 10.1. The van der Waals surface area contributed by atoms with Crippen LogP contribution in [0.3, 0.4) is 0 Å². The zero-order chi connectivity index (χ0) is 21.1. The highest BCUT2D eigenvalue weighted by molar-refractivity contribution is 6.30. The van der Waals surface area contributed by atoms with Crippen LogP contribution in [0.25, 0.3) is 0 Å². The third-order valence-corrected chi connectivity index (χ3v) is 3.94. The van der Waals surface area contributed by atoms with Crippen LogP contribution in [0.2, 0.25) is 5.02 Å². The van der Waals surface area contributed by atoms with Gasteiger partial charge in [-0.25, -0.2) is 0 Å². The first-order valence-electron chi connectivity index (χ1n) is 9.20. The van der Waals surface area contributed by atoms with E-state index in [0.29, 0.717) is 29.4 Å². The Morgan fingerprint density at radius 1 is 0.931 bits per heavy atom. The van der Waals surface area contributed by atoms with Gasteiger partial charge in [-0.2, -0.15) is 0 Å². The summed E-state index contributed by atoms with van der Waals surface area (Å²) in [6.07, 6.45) is 0.524. The predicted molar refractivity (Wildman–Crippen MR) is 111 cm³/mol. The molecule has 0 saturated heterocycles. The number of hydrogen-bond donors (Lipinski definition) is 2. The Kier molecular flexibility index (Phi) is 8.98. The molecule has 0 spiro atoms. The maximum absolute atomic E-state index is 11.9. The van der Waals surface area contributed by atoms with Crippen molar-refractivity contribution >= 4 is 40.8 Å². The number of carbonyl (C=O) groups is 3. The summed E-state index contributed by atoms with van der Waals surface area (Å²) in [5, 5.41) is 5.81. The molecule has 0 atom stereocenters. The fourth-order valence-corrected chi connectivity index (χ4v) is 2.59. The van der Waals surface area contributed by atoms with Crippen LogP contribution in [0, 0.1) is 0 Å². The van der Waals surface area contributed by atoms with Crippen LogP contribution in [-0.4, -0.2) is 31.0 Å². The van der Waals surface area contributed by atoms with Gasteiger partial charge in [0, 0.05) is 29.2 Å². The molecule has 0 aliphatic rings. The van der Waals surface area contributed by atoms with Crippen molar-refractivity contribution in [3.8, 4) is 5.75 Å². The SMILES string of the molecule is CCOc1ccc(NC(=O)CCCC(=O)OCC(=O)Nc2cccc(Cl)c2)cc1. The lowest BCUT2D eigenvalue weighted by atomic mass is 10.2. The fraction of sp³-hybridized carbons (Fsp3) is 0.286. The molecule has 154 valence electrons. The standard InChI is InChI=1S/C21H23ClN2O5/c1-2-28-18-11-9-16(10-12-18)23-19(25)7-4-8-21(27)29-14-20(26)24-17-6-3-5-15(22)13-17/h3,5-6,9-13H,2,4,7-8,14H2,1H3,(H,23,25)(H,24,26). The molecule has 0 radical (unpaired) electrons. The van der Waals surface area contributed by atoms with Gasteiger partial charge in [0.2, 0.25) is 5.91 Å². The maximum atomic E-state index is 11.9. The third kappa shape index (κ3) is 8.66. The summed E-state index contributed by atoms with van der Waals surface area (Å²) in [4.78, 5) is 35.4. The van der Waals surface area contributed by atoms with E-state index in [9.17, 15) is 14.4 Å². The van der Waals surface area contributed by atoms with Crippen LogP contribution >= 0.6 is 11.6 Å². The van der Waals surface area contributed by atoms with Crippen molar-refractivity contribution in [2.45, 2.75) is 26.2 Å². The Hall–Kier alpha value is -3.06. The minimum atomic E-state index is -0.542. The number of ether oxygens (including phenoxy) is 2. The van der Waals surface area contributed by atoms with E-state index in [-0.39, 0.29) is 18.7 Å². The molecule has 2 aromatic carbocycles. The van der Waals surface area contributed by atoms with E-state index in [0.717, 1.165) is 5.75 Å². The zero-order valence-corrected chi connectivity index (χ0v) is 16.8. The van der Waals surface area contributed by atoms with Crippen molar-refractivity contribution in [2.75, 3.05) is 23.8 Å². The molecule has 29 heavy (non-hydrogen) atoms. The maximum Gasteiger partial charge on any atom is 0.306 e. The van der Waals surface area contributed by atoms with Crippen LogP contribution < -0.4 is 15.4 Å². The van der Waals surface area contributed by atoms with Crippen LogP contribution in [0.4, 0.5) is 11.4 Å². The van der Waals surface area contributed by atoms with E-state index in [1.807, 2.05) is 6.92 Å². The number of anilines is 2. The number of amides is 2. The summed E-state index contributed by atoms with van der Waals surface area (Å²) in [5.74, 6) is -0.484. The van der Waals surface area contributed by atoms with E-state index in [2.05, 4.69) is 10.6 Å². The molecule has 8 heteroatoms. The molecule has 0 aliphatic heterocycles. The molecule has 2 N–H and O–H groups in total. The van der Waals surface area contributed by atoms with Gasteiger partial charge in [0.25, 0.3) is 5.91 Å². The Bertz CT molecular complexity index is 839. The predicted octanol–water partition coefficient (Wildman–Crippen LogP) is 4.03. The Morgan fingerprint density at radius 3 is 2.34 bits per heavy atom. The molecule has 0 fully saturated rings. The monoisotopic (exact) mass is 418 g/mol. The lowest BCUT2D eigenvalue weighted by Crippen LogP contribution is -2.21. The van der Waals surface area contributed by atoms with E-state index in [4.69, 9.17) is 21.1 Å². The van der Waals surface area contributed by atoms with Gasteiger partial charge in [-0.05, 0) is 55.8 Å². The number of nitrogens with one attached hydrogen (secondary N) is 2. The van der Waals surface area contributed by atoms with E-state index in [1.54, 1.807) is 48.5 Å². The smallest absolute Gasteiger partial charge is 0.306 e. The highest BCUT2D eigenvalue weighted by Crippen LogP contribution is 2.16. The number of hydrogen-bond acceptors (Lipinski definition) is 5. The molecule has 0 heterocycles. The number of esters is 1. The van der Waals surface area contributed by atoms with Crippen LogP contribution in [0.5, 0.6) is 5.75 Å². The molecule has 0 unspecified atom stereocenters. The first-order valence-corrected chi connectivity index (χ1v) is 9.58. The van der Waals surface area contributed by atoms with Crippen molar-refractivity contribution in [1.82, 2.24) is 0 Å².